The molecule has 0 heterocycles. The van der Waals surface area contributed by atoms with E-state index in [1.165, 1.54) is 7.11 Å². The highest BCUT2D eigenvalue weighted by atomic mass is 19.4. The van der Waals surface area contributed by atoms with Crippen LogP contribution in [0.3, 0.4) is 0 Å². The summed E-state index contributed by atoms with van der Waals surface area (Å²) in [6.07, 6.45) is -6.99. The van der Waals surface area contributed by atoms with Crippen molar-refractivity contribution in [2.75, 3.05) is 7.11 Å². The summed E-state index contributed by atoms with van der Waals surface area (Å²) in [5.41, 5.74) is -1.95. The molecule has 1 aromatic carbocycles. The topological polar surface area (TPSA) is 66.8 Å². The molecule has 0 amide bonds. The quantitative estimate of drug-likeness (QED) is 0.858. The van der Waals surface area contributed by atoms with Gasteiger partial charge in [-0.1, -0.05) is 0 Å². The summed E-state index contributed by atoms with van der Waals surface area (Å²) < 4.78 is 42.4. The van der Waals surface area contributed by atoms with E-state index in [-0.39, 0.29) is 5.75 Å². The number of carboxylic acids is 1. The van der Waals surface area contributed by atoms with Crippen LogP contribution in [0.4, 0.5) is 13.2 Å². The molecule has 1 unspecified atom stereocenters. The summed E-state index contributed by atoms with van der Waals surface area (Å²) in [5, 5.41) is 17.7. The summed E-state index contributed by atoms with van der Waals surface area (Å²) in [6.45, 7) is 0. The third kappa shape index (κ3) is 2.88. The first-order valence-corrected chi connectivity index (χ1v) is 4.43. The average Bonchev–Trinajstić information content (AvgIpc) is 2.25. The van der Waals surface area contributed by atoms with Crippen LogP contribution in [0.25, 0.3) is 0 Å². The minimum Gasteiger partial charge on any atom is -0.497 e. The Kier molecular flexibility index (Phi) is 3.62. The SMILES string of the molecule is COc1ccc(C(F)(F)F)c(C(O)C(=O)O)c1. The number of aliphatic carboxylic acids is 1. The molecule has 7 heteroatoms. The van der Waals surface area contributed by atoms with Gasteiger partial charge in [0.1, 0.15) is 5.75 Å². The molecule has 0 aliphatic heterocycles. The Bertz CT molecular complexity index is 428. The van der Waals surface area contributed by atoms with Crippen LogP contribution in [0.2, 0.25) is 0 Å². The Morgan fingerprint density at radius 3 is 2.41 bits per heavy atom. The molecule has 0 saturated heterocycles. The maximum absolute atomic E-state index is 12.6. The largest absolute Gasteiger partial charge is 0.497 e. The highest BCUT2D eigenvalue weighted by Crippen LogP contribution is 2.36. The van der Waals surface area contributed by atoms with Gasteiger partial charge in [-0.15, -0.1) is 0 Å². The molecule has 1 rings (SSSR count). The molecule has 0 aliphatic rings. The summed E-state index contributed by atoms with van der Waals surface area (Å²) in [6, 6.07) is 2.56. The van der Waals surface area contributed by atoms with Gasteiger partial charge in [0.2, 0.25) is 0 Å². The summed E-state index contributed by atoms with van der Waals surface area (Å²) in [7, 11) is 1.22. The molecule has 2 N–H and O–H groups in total. The average molecular weight is 250 g/mol. The van der Waals surface area contributed by atoms with E-state index in [0.717, 1.165) is 12.1 Å². The number of methoxy groups -OCH3 is 1. The van der Waals surface area contributed by atoms with Gasteiger partial charge in [-0.25, -0.2) is 4.79 Å². The maximum Gasteiger partial charge on any atom is 0.416 e. The number of carbonyl (C=O) groups is 1. The summed E-state index contributed by atoms with van der Waals surface area (Å²) >= 11 is 0. The van der Waals surface area contributed by atoms with Crippen LogP contribution in [0, 0.1) is 0 Å². The molecule has 1 atom stereocenters. The van der Waals surface area contributed by atoms with Crippen molar-refractivity contribution < 1.29 is 32.9 Å². The number of hydrogen-bond acceptors (Lipinski definition) is 3. The Hall–Kier alpha value is -1.76. The van der Waals surface area contributed by atoms with Crippen LogP contribution < -0.4 is 4.74 Å². The highest BCUT2D eigenvalue weighted by molar-refractivity contribution is 5.75. The molecular formula is C10H9F3O4. The van der Waals surface area contributed by atoms with Crippen LogP contribution in [-0.2, 0) is 11.0 Å². The van der Waals surface area contributed by atoms with Crippen LogP contribution in [0.1, 0.15) is 17.2 Å². The molecule has 0 saturated carbocycles. The van der Waals surface area contributed by atoms with Gasteiger partial charge in [0.15, 0.2) is 6.10 Å². The maximum atomic E-state index is 12.6. The number of aliphatic hydroxyl groups excluding tert-OH is 1. The fourth-order valence-corrected chi connectivity index (χ4v) is 1.29. The van der Waals surface area contributed by atoms with E-state index in [9.17, 15) is 23.1 Å². The molecule has 17 heavy (non-hydrogen) atoms. The predicted octanol–water partition coefficient (Wildman–Crippen LogP) is 1.83. The van der Waals surface area contributed by atoms with E-state index in [1.807, 2.05) is 0 Å². The number of ether oxygens (including phenoxy) is 1. The van der Waals surface area contributed by atoms with Gasteiger partial charge < -0.3 is 14.9 Å². The van der Waals surface area contributed by atoms with Crippen molar-refractivity contribution in [1.29, 1.82) is 0 Å². The lowest BCUT2D eigenvalue weighted by Crippen LogP contribution is -2.17. The lowest BCUT2D eigenvalue weighted by molar-refractivity contribution is -0.149. The van der Waals surface area contributed by atoms with E-state index in [2.05, 4.69) is 4.74 Å². The molecular weight excluding hydrogens is 241 g/mol. The Labute approximate surface area is 94.3 Å². The third-order valence-electron chi connectivity index (χ3n) is 2.09. The molecule has 94 valence electrons. The zero-order valence-electron chi connectivity index (χ0n) is 8.65. The zero-order valence-corrected chi connectivity index (χ0v) is 8.65. The van der Waals surface area contributed by atoms with Crippen molar-refractivity contribution in [3.8, 4) is 5.75 Å². The lowest BCUT2D eigenvalue weighted by Gasteiger charge is -2.15. The minimum absolute atomic E-state index is 0.0355. The number of alkyl halides is 3. The summed E-state index contributed by atoms with van der Waals surface area (Å²) in [5.74, 6) is -1.72. The molecule has 0 radical (unpaired) electrons. The van der Waals surface area contributed by atoms with E-state index in [4.69, 9.17) is 5.11 Å². The zero-order chi connectivity index (χ0) is 13.2. The van der Waals surface area contributed by atoms with Crippen molar-refractivity contribution in [2.45, 2.75) is 12.3 Å². The van der Waals surface area contributed by atoms with Gasteiger partial charge in [0, 0.05) is 5.56 Å². The number of benzene rings is 1. The van der Waals surface area contributed by atoms with E-state index in [1.54, 1.807) is 0 Å². The molecule has 0 fully saturated rings. The first-order chi connectivity index (χ1) is 7.77. The summed E-state index contributed by atoms with van der Waals surface area (Å²) in [4.78, 5) is 10.5. The van der Waals surface area contributed by atoms with Crippen LogP contribution in [0.15, 0.2) is 18.2 Å². The van der Waals surface area contributed by atoms with E-state index >= 15 is 0 Å². The van der Waals surface area contributed by atoms with E-state index < -0.39 is 29.4 Å². The standard InChI is InChI=1S/C10H9F3O4/c1-17-5-2-3-7(10(11,12)13)6(4-5)8(14)9(15)16/h2-4,8,14H,1H3,(H,15,16). The monoisotopic (exact) mass is 250 g/mol. The highest BCUT2D eigenvalue weighted by Gasteiger charge is 2.36. The van der Waals surface area contributed by atoms with Crippen LogP contribution in [-0.4, -0.2) is 23.3 Å². The predicted molar refractivity (Wildman–Crippen MR) is 50.6 cm³/mol. The normalized spacial score (nSPS) is 13.2. The van der Waals surface area contributed by atoms with E-state index in [0.29, 0.717) is 6.07 Å². The second-order valence-electron chi connectivity index (χ2n) is 3.19. The molecule has 0 aliphatic carbocycles. The van der Waals surface area contributed by atoms with Crippen molar-refractivity contribution in [3.63, 3.8) is 0 Å². The first-order valence-electron chi connectivity index (χ1n) is 4.43. The fraction of sp³-hybridized carbons (Fsp3) is 0.300. The Morgan fingerprint density at radius 2 is 2.00 bits per heavy atom. The van der Waals surface area contributed by atoms with Crippen LogP contribution >= 0.6 is 0 Å². The van der Waals surface area contributed by atoms with Crippen molar-refractivity contribution in [2.24, 2.45) is 0 Å². The second kappa shape index (κ2) is 4.62. The Balaban J connectivity index is 3.36. The molecule has 1 aromatic rings. The van der Waals surface area contributed by atoms with Crippen molar-refractivity contribution in [3.05, 3.63) is 29.3 Å². The van der Waals surface area contributed by atoms with Crippen molar-refractivity contribution >= 4 is 5.97 Å². The van der Waals surface area contributed by atoms with Gasteiger partial charge in [0.25, 0.3) is 0 Å². The number of carboxylic acid groups (broad SMARTS) is 1. The number of aliphatic hydroxyl groups is 1. The first kappa shape index (κ1) is 13.3. The number of halogens is 3. The van der Waals surface area contributed by atoms with Crippen LogP contribution in [0.5, 0.6) is 5.75 Å². The smallest absolute Gasteiger partial charge is 0.416 e. The van der Waals surface area contributed by atoms with Gasteiger partial charge in [-0.2, -0.15) is 13.2 Å². The van der Waals surface area contributed by atoms with Gasteiger partial charge in [-0.05, 0) is 18.2 Å². The molecule has 0 bridgehead atoms. The molecule has 0 aromatic heterocycles. The number of hydrogen-bond donors (Lipinski definition) is 2. The minimum atomic E-state index is -4.74. The van der Waals surface area contributed by atoms with Gasteiger partial charge >= 0.3 is 12.1 Å². The van der Waals surface area contributed by atoms with Crippen molar-refractivity contribution in [1.82, 2.24) is 0 Å². The second-order valence-corrected chi connectivity index (χ2v) is 3.19. The molecule has 4 nitrogen and oxygen atoms in total. The fourth-order valence-electron chi connectivity index (χ4n) is 1.29. The number of rotatable bonds is 3. The Morgan fingerprint density at radius 1 is 1.41 bits per heavy atom. The molecule has 0 spiro atoms. The van der Waals surface area contributed by atoms with Gasteiger partial charge in [-0.3, -0.25) is 0 Å². The van der Waals surface area contributed by atoms with Gasteiger partial charge in [0.05, 0.1) is 12.7 Å². The lowest BCUT2D eigenvalue weighted by atomic mass is 10.0. The third-order valence-corrected chi connectivity index (χ3v) is 2.09.